The molecule has 0 radical (unpaired) electrons. The van der Waals surface area contributed by atoms with Crippen LogP contribution in [0.2, 0.25) is 0 Å². The van der Waals surface area contributed by atoms with Crippen LogP contribution in [0, 0.1) is 0 Å². The zero-order chi connectivity index (χ0) is 14.3. The Hall–Kier alpha value is -1.08. The number of ether oxygens (including phenoxy) is 2. The number of quaternary nitrogens is 1. The molecule has 0 saturated carbocycles. The van der Waals surface area contributed by atoms with Gasteiger partial charge in [0.25, 0.3) is 0 Å². The molecule has 5 nitrogen and oxygen atoms in total. The van der Waals surface area contributed by atoms with Gasteiger partial charge in [-0.1, -0.05) is 12.1 Å². The van der Waals surface area contributed by atoms with E-state index >= 15 is 0 Å². The minimum absolute atomic E-state index is 0.461. The molecule has 0 amide bonds. The zero-order valence-electron chi connectivity index (χ0n) is 12.5. The molecular formula is C15H22BNO4. The lowest BCUT2D eigenvalue weighted by Gasteiger charge is -2.46. The highest BCUT2D eigenvalue weighted by molar-refractivity contribution is 6.62. The van der Waals surface area contributed by atoms with Crippen molar-refractivity contribution in [1.82, 2.24) is 0 Å². The fourth-order valence-corrected chi connectivity index (χ4v) is 4.39. The number of methoxy groups -OCH3 is 1. The summed E-state index contributed by atoms with van der Waals surface area (Å²) in [7, 11) is 1.69. The van der Waals surface area contributed by atoms with Crippen LogP contribution in [0.25, 0.3) is 0 Å². The fourth-order valence-electron chi connectivity index (χ4n) is 4.39. The summed E-state index contributed by atoms with van der Waals surface area (Å²) >= 11 is 0. The molecule has 0 bridgehead atoms. The number of rotatable bonds is 3. The van der Waals surface area contributed by atoms with Crippen molar-refractivity contribution in [3.8, 4) is 5.75 Å². The van der Waals surface area contributed by atoms with Crippen molar-refractivity contribution in [2.75, 3.05) is 40.0 Å². The van der Waals surface area contributed by atoms with Crippen LogP contribution in [0.1, 0.15) is 18.4 Å². The van der Waals surface area contributed by atoms with Gasteiger partial charge in [-0.3, -0.25) is 0 Å². The molecule has 0 spiro atoms. The maximum Gasteiger partial charge on any atom is 0.506 e. The summed E-state index contributed by atoms with van der Waals surface area (Å²) in [6, 6.07) is 8.18. The molecule has 3 aliphatic rings. The van der Waals surface area contributed by atoms with Gasteiger partial charge in [0.2, 0.25) is 0 Å². The molecule has 1 unspecified atom stereocenters. The first-order chi connectivity index (χ1) is 10.3. The topological polar surface area (TPSA) is 41.4 Å². The Labute approximate surface area is 125 Å². The van der Waals surface area contributed by atoms with Crippen LogP contribution in [-0.2, 0) is 19.5 Å². The van der Waals surface area contributed by atoms with Crippen molar-refractivity contribution in [3.63, 3.8) is 0 Å². The Kier molecular flexibility index (Phi) is 3.22. The van der Waals surface area contributed by atoms with E-state index in [0.29, 0.717) is 0 Å². The molecule has 1 N–H and O–H groups in total. The Morgan fingerprint density at radius 3 is 2.67 bits per heavy atom. The highest BCUT2D eigenvalue weighted by atomic mass is 16.7. The molecule has 21 heavy (non-hydrogen) atoms. The molecule has 1 aromatic rings. The fraction of sp³-hybridized carbons (Fsp3) is 0.600. The van der Waals surface area contributed by atoms with Crippen LogP contribution in [0.4, 0.5) is 0 Å². The van der Waals surface area contributed by atoms with Crippen LogP contribution in [-0.4, -0.2) is 46.7 Å². The lowest BCUT2D eigenvalue weighted by Crippen LogP contribution is -3.21. The van der Waals surface area contributed by atoms with E-state index in [2.05, 4.69) is 12.1 Å². The molecule has 3 fully saturated rings. The first-order valence-corrected chi connectivity index (χ1v) is 7.86. The maximum atomic E-state index is 6.32. The Morgan fingerprint density at radius 1 is 1.19 bits per heavy atom. The minimum Gasteiger partial charge on any atom is -0.508 e. The van der Waals surface area contributed by atoms with Gasteiger partial charge in [0.1, 0.15) is 5.75 Å². The average Bonchev–Trinajstić information content (AvgIpc) is 3.22. The van der Waals surface area contributed by atoms with E-state index in [-0.39, 0.29) is 0 Å². The number of nitrogens with one attached hydrogen (secondary N) is 1. The second kappa shape index (κ2) is 4.99. The molecule has 1 aromatic carbocycles. The quantitative estimate of drug-likeness (QED) is 0.804. The van der Waals surface area contributed by atoms with Crippen molar-refractivity contribution in [3.05, 3.63) is 29.8 Å². The summed E-state index contributed by atoms with van der Waals surface area (Å²) in [5.74, 6) is 0.854. The number of hydrogen-bond donors (Lipinski definition) is 1. The third-order valence-corrected chi connectivity index (χ3v) is 5.31. The monoisotopic (exact) mass is 291 g/mol. The maximum absolute atomic E-state index is 6.32. The van der Waals surface area contributed by atoms with Crippen molar-refractivity contribution in [1.29, 1.82) is 0 Å². The standard InChI is InChI=1S/C15H22BNO4/c1-18-14-5-2-4-13(12-14)15(6-3-9-19-15)16-17(7-10-20-16)8-11-21-16/h2,4-5,12,17H,3,6-11H2,1H3. The van der Waals surface area contributed by atoms with Crippen LogP contribution in [0.5, 0.6) is 5.75 Å². The normalized spacial score (nSPS) is 38.6. The molecule has 114 valence electrons. The highest BCUT2D eigenvalue weighted by Crippen LogP contribution is 2.44. The third kappa shape index (κ3) is 1.80. The lowest BCUT2D eigenvalue weighted by molar-refractivity contribution is -0.787. The van der Waals surface area contributed by atoms with E-state index in [0.717, 1.165) is 57.1 Å². The van der Waals surface area contributed by atoms with E-state index in [9.17, 15) is 0 Å². The van der Waals surface area contributed by atoms with E-state index in [4.69, 9.17) is 18.8 Å². The van der Waals surface area contributed by atoms with E-state index in [1.807, 2.05) is 12.1 Å². The predicted molar refractivity (Wildman–Crippen MR) is 78.2 cm³/mol. The SMILES string of the molecule is COc1cccc(C2([B-]34OCC[NH+]3CCO4)CCCO2)c1. The second-order valence-corrected chi connectivity index (χ2v) is 6.19. The molecule has 3 heterocycles. The Balaban J connectivity index is 1.83. The largest absolute Gasteiger partial charge is 0.508 e. The van der Waals surface area contributed by atoms with Gasteiger partial charge < -0.3 is 23.6 Å². The van der Waals surface area contributed by atoms with Crippen molar-refractivity contribution in [2.24, 2.45) is 0 Å². The highest BCUT2D eigenvalue weighted by Gasteiger charge is 2.66. The van der Waals surface area contributed by atoms with Gasteiger partial charge in [0, 0.05) is 6.61 Å². The van der Waals surface area contributed by atoms with Crippen LogP contribution in [0.3, 0.4) is 0 Å². The molecule has 3 saturated heterocycles. The second-order valence-electron chi connectivity index (χ2n) is 6.19. The zero-order valence-corrected chi connectivity index (χ0v) is 12.5. The van der Waals surface area contributed by atoms with Crippen molar-refractivity contribution >= 4 is 6.69 Å². The van der Waals surface area contributed by atoms with E-state index in [1.165, 1.54) is 4.81 Å². The van der Waals surface area contributed by atoms with Gasteiger partial charge in [-0.25, -0.2) is 0 Å². The molecule has 6 heteroatoms. The van der Waals surface area contributed by atoms with Gasteiger partial charge in [-0.15, -0.1) is 0 Å². The smallest absolute Gasteiger partial charge is 0.506 e. The molecule has 3 aliphatic heterocycles. The minimum atomic E-state index is -1.48. The number of benzene rings is 1. The summed E-state index contributed by atoms with van der Waals surface area (Å²) in [5, 5.41) is 0. The van der Waals surface area contributed by atoms with Crippen LogP contribution >= 0.6 is 0 Å². The van der Waals surface area contributed by atoms with Crippen molar-refractivity contribution < 1.29 is 23.6 Å². The van der Waals surface area contributed by atoms with Crippen LogP contribution < -0.4 is 9.55 Å². The van der Waals surface area contributed by atoms with Gasteiger partial charge in [0.05, 0.1) is 38.9 Å². The third-order valence-electron chi connectivity index (χ3n) is 5.31. The summed E-state index contributed by atoms with van der Waals surface area (Å²) in [6.07, 6.45) is 1.99. The molecule has 0 aromatic heterocycles. The summed E-state index contributed by atoms with van der Waals surface area (Å²) in [5.41, 5.74) is 0.664. The molecule has 0 aliphatic carbocycles. The Morgan fingerprint density at radius 2 is 2.00 bits per heavy atom. The predicted octanol–water partition coefficient (Wildman–Crippen LogP) is 0.124. The van der Waals surface area contributed by atoms with Crippen LogP contribution in [0.15, 0.2) is 24.3 Å². The molecule has 4 rings (SSSR count). The summed E-state index contributed by atoms with van der Waals surface area (Å²) in [6.45, 7) is 2.81. The lowest BCUT2D eigenvalue weighted by atomic mass is 9.50. The van der Waals surface area contributed by atoms with Gasteiger partial charge in [-0.2, -0.15) is 0 Å². The van der Waals surface area contributed by atoms with Gasteiger partial charge in [0.15, 0.2) is 0 Å². The first-order valence-electron chi connectivity index (χ1n) is 7.86. The van der Waals surface area contributed by atoms with Gasteiger partial charge in [-0.05, 0) is 30.5 Å². The average molecular weight is 291 g/mol. The molecule has 1 atom stereocenters. The first kappa shape index (κ1) is 13.6. The van der Waals surface area contributed by atoms with E-state index < -0.39 is 12.2 Å². The van der Waals surface area contributed by atoms with Gasteiger partial charge >= 0.3 is 6.69 Å². The number of fused-ring (bicyclic) bond motifs is 1. The molecular weight excluding hydrogens is 269 g/mol. The summed E-state index contributed by atoms with van der Waals surface area (Å²) < 4.78 is 24.1. The summed E-state index contributed by atoms with van der Waals surface area (Å²) in [4.78, 5) is 1.42. The number of hydrogen-bond acceptors (Lipinski definition) is 4. The Bertz CT molecular complexity index is 522. The van der Waals surface area contributed by atoms with Crippen molar-refractivity contribution in [2.45, 2.75) is 18.3 Å². The van der Waals surface area contributed by atoms with E-state index in [1.54, 1.807) is 7.11 Å².